The van der Waals surface area contributed by atoms with Gasteiger partial charge in [-0.3, -0.25) is 0 Å². The van der Waals surface area contributed by atoms with Crippen LogP contribution in [0.1, 0.15) is 51.3 Å². The van der Waals surface area contributed by atoms with Gasteiger partial charge in [0.25, 0.3) is 0 Å². The molecule has 0 saturated heterocycles. The normalized spacial score (nSPS) is 14.1. The van der Waals surface area contributed by atoms with E-state index in [2.05, 4.69) is 77.1 Å². The summed E-state index contributed by atoms with van der Waals surface area (Å²) in [4.78, 5) is 0. The number of hydrogen-bond donors (Lipinski definition) is 1. The number of ether oxygens (including phenoxy) is 2. The van der Waals surface area contributed by atoms with Crippen LogP contribution in [0.4, 0.5) is 0 Å². The molecule has 34 heavy (non-hydrogen) atoms. The average molecular weight is 453 g/mol. The summed E-state index contributed by atoms with van der Waals surface area (Å²) < 4.78 is 11.1. The molecule has 0 aromatic heterocycles. The first-order valence-electron chi connectivity index (χ1n) is 11.7. The Morgan fingerprint density at radius 2 is 1.29 bits per heavy atom. The number of hydrogen-bond acceptors (Lipinski definition) is 3. The third-order valence-corrected chi connectivity index (χ3v) is 7.34. The van der Waals surface area contributed by atoms with E-state index >= 15 is 0 Å². The van der Waals surface area contributed by atoms with Gasteiger partial charge < -0.3 is 14.6 Å². The second kappa shape index (κ2) is 7.53. The second-order valence-electron chi connectivity index (χ2n) is 10.8. The molecule has 0 radical (unpaired) electrons. The van der Waals surface area contributed by atoms with Gasteiger partial charge in [0, 0.05) is 10.8 Å². The highest BCUT2D eigenvalue weighted by Gasteiger charge is 2.37. The van der Waals surface area contributed by atoms with E-state index in [1.54, 1.807) is 14.2 Å². The van der Waals surface area contributed by atoms with Gasteiger partial charge in [0.15, 0.2) is 11.5 Å². The molecule has 4 aromatic rings. The van der Waals surface area contributed by atoms with Crippen LogP contribution in [0.2, 0.25) is 0 Å². The predicted octanol–water partition coefficient (Wildman–Crippen LogP) is 7.83. The molecule has 1 aliphatic carbocycles. The zero-order valence-electron chi connectivity index (χ0n) is 21.0. The summed E-state index contributed by atoms with van der Waals surface area (Å²) >= 11 is 0. The molecule has 4 aromatic carbocycles. The Balaban J connectivity index is 1.71. The molecule has 0 saturated carbocycles. The lowest BCUT2D eigenvalue weighted by Crippen LogP contribution is -2.15. The van der Waals surface area contributed by atoms with Crippen LogP contribution in [-0.4, -0.2) is 19.3 Å². The highest BCUT2D eigenvalue weighted by atomic mass is 16.5. The predicted molar refractivity (Wildman–Crippen MR) is 140 cm³/mol. The summed E-state index contributed by atoms with van der Waals surface area (Å²) in [5, 5.41) is 12.7. The van der Waals surface area contributed by atoms with Crippen LogP contribution < -0.4 is 9.47 Å². The van der Waals surface area contributed by atoms with Gasteiger partial charge in [-0.1, -0.05) is 71.0 Å². The Labute approximate surface area is 202 Å². The number of phenols is 1. The number of methoxy groups -OCH3 is 2. The molecule has 0 heterocycles. The lowest BCUT2D eigenvalue weighted by atomic mass is 9.81. The summed E-state index contributed by atoms with van der Waals surface area (Å²) in [6.45, 7) is 11.2. The lowest BCUT2D eigenvalue weighted by Gasteiger charge is -2.23. The van der Waals surface area contributed by atoms with Crippen molar-refractivity contribution in [2.45, 2.75) is 45.4 Å². The van der Waals surface area contributed by atoms with Crippen LogP contribution in [0.5, 0.6) is 17.2 Å². The quantitative estimate of drug-likeness (QED) is 0.344. The highest BCUT2D eigenvalue weighted by Crippen LogP contribution is 2.54. The molecule has 0 aliphatic heterocycles. The van der Waals surface area contributed by atoms with E-state index in [1.807, 2.05) is 18.2 Å². The van der Waals surface area contributed by atoms with Crippen molar-refractivity contribution in [2.24, 2.45) is 0 Å². The monoisotopic (exact) mass is 452 g/mol. The maximum absolute atomic E-state index is 11.0. The molecule has 5 rings (SSSR count). The third-order valence-electron chi connectivity index (χ3n) is 7.34. The molecule has 174 valence electrons. The first kappa shape index (κ1) is 22.3. The Kier molecular flexibility index (Phi) is 4.95. The number of aromatic hydroxyl groups is 1. The Morgan fingerprint density at radius 1 is 0.706 bits per heavy atom. The maximum Gasteiger partial charge on any atom is 0.161 e. The second-order valence-corrected chi connectivity index (χ2v) is 10.8. The van der Waals surface area contributed by atoms with Crippen molar-refractivity contribution in [2.75, 3.05) is 14.2 Å². The largest absolute Gasteiger partial charge is 0.507 e. The van der Waals surface area contributed by atoms with Gasteiger partial charge in [0.1, 0.15) is 5.75 Å². The van der Waals surface area contributed by atoms with E-state index in [0.29, 0.717) is 11.5 Å². The zero-order valence-corrected chi connectivity index (χ0v) is 21.0. The summed E-state index contributed by atoms with van der Waals surface area (Å²) in [6.07, 6.45) is 0. The Hall–Kier alpha value is -3.46. The van der Waals surface area contributed by atoms with E-state index in [9.17, 15) is 5.11 Å². The van der Waals surface area contributed by atoms with Crippen LogP contribution >= 0.6 is 0 Å². The smallest absolute Gasteiger partial charge is 0.161 e. The standard InChI is InChI=1S/C31H32O3/c1-30(2,3)20-11-8-18(9-12-20)19-10-13-21-24(14-19)31(4,5)25-17-26(32)22-15-27(33-6)28(34-7)16-23(22)29(21)25/h8-17,32H,1-7H3. The third kappa shape index (κ3) is 3.26. The average Bonchev–Trinajstić information content (AvgIpc) is 3.04. The van der Waals surface area contributed by atoms with Crippen LogP contribution in [0.25, 0.3) is 33.0 Å². The van der Waals surface area contributed by atoms with Gasteiger partial charge in [-0.25, -0.2) is 0 Å². The minimum atomic E-state index is -0.245. The van der Waals surface area contributed by atoms with Crippen LogP contribution in [-0.2, 0) is 10.8 Å². The molecule has 1 aliphatic rings. The summed E-state index contributed by atoms with van der Waals surface area (Å²) in [6, 6.07) is 21.4. The summed E-state index contributed by atoms with van der Waals surface area (Å²) in [7, 11) is 3.25. The van der Waals surface area contributed by atoms with Crippen LogP contribution in [0.15, 0.2) is 60.7 Å². The van der Waals surface area contributed by atoms with Gasteiger partial charge in [0.05, 0.1) is 14.2 Å². The molecule has 3 nitrogen and oxygen atoms in total. The van der Waals surface area contributed by atoms with Crippen molar-refractivity contribution in [3.8, 4) is 39.5 Å². The van der Waals surface area contributed by atoms with Gasteiger partial charge in [-0.05, 0) is 74.0 Å². The van der Waals surface area contributed by atoms with Crippen molar-refractivity contribution in [3.05, 3.63) is 77.4 Å². The summed E-state index contributed by atoms with van der Waals surface area (Å²) in [5.74, 6) is 1.52. The van der Waals surface area contributed by atoms with Crippen molar-refractivity contribution in [3.63, 3.8) is 0 Å². The van der Waals surface area contributed by atoms with Crippen molar-refractivity contribution in [1.29, 1.82) is 0 Å². The van der Waals surface area contributed by atoms with E-state index in [4.69, 9.17) is 9.47 Å². The number of fused-ring (bicyclic) bond motifs is 5. The molecule has 1 N–H and O–H groups in total. The fraction of sp³-hybridized carbons (Fsp3) is 0.290. The minimum absolute atomic E-state index is 0.132. The van der Waals surface area contributed by atoms with Gasteiger partial charge in [-0.15, -0.1) is 0 Å². The molecular weight excluding hydrogens is 420 g/mol. The van der Waals surface area contributed by atoms with Gasteiger partial charge >= 0.3 is 0 Å². The SMILES string of the molecule is COc1cc2c(O)cc3c(c2cc1OC)-c1ccc(-c2ccc(C(C)(C)C)cc2)cc1C3(C)C. The maximum atomic E-state index is 11.0. The Bertz CT molecular complexity index is 1420. The summed E-state index contributed by atoms with van der Waals surface area (Å²) in [5.41, 5.74) is 8.38. The molecule has 0 amide bonds. The van der Waals surface area contributed by atoms with Gasteiger partial charge in [-0.2, -0.15) is 0 Å². The minimum Gasteiger partial charge on any atom is -0.507 e. The number of rotatable bonds is 3. The van der Waals surface area contributed by atoms with E-state index in [0.717, 1.165) is 21.9 Å². The lowest BCUT2D eigenvalue weighted by molar-refractivity contribution is 0.355. The first-order chi connectivity index (χ1) is 16.1. The highest BCUT2D eigenvalue weighted by molar-refractivity contribution is 6.06. The van der Waals surface area contributed by atoms with Crippen LogP contribution in [0, 0.1) is 0 Å². The van der Waals surface area contributed by atoms with Crippen molar-refractivity contribution in [1.82, 2.24) is 0 Å². The van der Waals surface area contributed by atoms with E-state index in [-0.39, 0.29) is 16.6 Å². The van der Waals surface area contributed by atoms with Crippen LogP contribution in [0.3, 0.4) is 0 Å². The zero-order chi connectivity index (χ0) is 24.4. The van der Waals surface area contributed by atoms with Crippen molar-refractivity contribution >= 4 is 10.8 Å². The van der Waals surface area contributed by atoms with E-state index in [1.165, 1.54) is 27.8 Å². The fourth-order valence-electron chi connectivity index (χ4n) is 5.28. The molecule has 0 atom stereocenters. The van der Waals surface area contributed by atoms with Gasteiger partial charge in [0.2, 0.25) is 0 Å². The number of benzene rings is 4. The molecule has 0 unspecified atom stereocenters. The van der Waals surface area contributed by atoms with Crippen molar-refractivity contribution < 1.29 is 14.6 Å². The molecular formula is C31H32O3. The fourth-order valence-corrected chi connectivity index (χ4v) is 5.28. The topological polar surface area (TPSA) is 38.7 Å². The first-order valence-corrected chi connectivity index (χ1v) is 11.7. The molecule has 3 heteroatoms. The van der Waals surface area contributed by atoms with E-state index < -0.39 is 0 Å². The Morgan fingerprint density at radius 3 is 1.88 bits per heavy atom. The number of phenolic OH excluding ortho intramolecular Hbond substituents is 1. The molecule has 0 bridgehead atoms. The molecule has 0 spiro atoms. The molecule has 0 fully saturated rings.